The average Bonchev–Trinajstić information content (AvgIpc) is 2.98. The summed E-state index contributed by atoms with van der Waals surface area (Å²) in [6, 6.07) is 6.81. The van der Waals surface area contributed by atoms with Crippen LogP contribution in [0.2, 0.25) is 0 Å². The number of fused-ring (bicyclic) bond motifs is 1. The van der Waals surface area contributed by atoms with Gasteiger partial charge in [0.1, 0.15) is 16.1 Å². The van der Waals surface area contributed by atoms with Gasteiger partial charge in [-0.2, -0.15) is 9.61 Å². The van der Waals surface area contributed by atoms with Crippen LogP contribution in [0.3, 0.4) is 0 Å². The summed E-state index contributed by atoms with van der Waals surface area (Å²) in [5.74, 6) is 0.136. The molecule has 4 rings (SSSR count). The van der Waals surface area contributed by atoms with E-state index in [4.69, 9.17) is 0 Å². The lowest BCUT2D eigenvalue weighted by molar-refractivity contribution is 0.430. The number of rotatable bonds is 3. The molecule has 0 aliphatic heterocycles. The van der Waals surface area contributed by atoms with Crippen molar-refractivity contribution >= 4 is 21.6 Å². The number of nitrogens with one attached hydrogen (secondary N) is 1. The SMILES string of the molecule is CCc1c(Br)nn2c(=O)cc(-c3ccc(C4CCCCC4)c(F)c3)[nH]c12. The van der Waals surface area contributed by atoms with E-state index >= 15 is 0 Å². The van der Waals surface area contributed by atoms with Gasteiger partial charge in [-0.05, 0) is 52.7 Å². The van der Waals surface area contributed by atoms with E-state index in [0.717, 1.165) is 30.4 Å². The molecule has 26 heavy (non-hydrogen) atoms. The first kappa shape index (κ1) is 17.5. The molecular weight excluding hydrogens is 397 g/mol. The number of aromatic nitrogens is 3. The first-order valence-electron chi connectivity index (χ1n) is 9.18. The molecule has 1 aliphatic rings. The van der Waals surface area contributed by atoms with E-state index in [-0.39, 0.29) is 11.4 Å². The van der Waals surface area contributed by atoms with Gasteiger partial charge in [0.25, 0.3) is 5.56 Å². The number of H-pyrrole nitrogens is 1. The maximum atomic E-state index is 14.8. The van der Waals surface area contributed by atoms with E-state index in [2.05, 4.69) is 26.0 Å². The van der Waals surface area contributed by atoms with Crippen molar-refractivity contribution in [3.05, 3.63) is 56.2 Å². The standard InChI is InChI=1S/C20H21BrFN3O/c1-2-14-19(21)24-25-18(26)11-17(23-20(14)25)13-8-9-15(16(22)10-13)12-6-4-3-5-7-12/h8-12,23H,2-7H2,1H3. The van der Waals surface area contributed by atoms with Gasteiger partial charge in [0.15, 0.2) is 0 Å². The second-order valence-corrected chi connectivity index (χ2v) is 7.73. The Bertz CT molecular complexity index is 1020. The largest absolute Gasteiger partial charge is 0.339 e. The van der Waals surface area contributed by atoms with Gasteiger partial charge in [-0.1, -0.05) is 38.3 Å². The fraction of sp³-hybridized carbons (Fsp3) is 0.400. The molecule has 0 radical (unpaired) electrons. The molecule has 0 atom stereocenters. The molecule has 0 unspecified atom stereocenters. The highest BCUT2D eigenvalue weighted by Crippen LogP contribution is 2.35. The summed E-state index contributed by atoms with van der Waals surface area (Å²) in [6.07, 6.45) is 6.44. The number of halogens is 2. The van der Waals surface area contributed by atoms with Gasteiger partial charge in [0.2, 0.25) is 0 Å². The smallest absolute Gasteiger partial charge is 0.274 e. The number of hydrogen-bond donors (Lipinski definition) is 1. The van der Waals surface area contributed by atoms with Crippen molar-refractivity contribution in [1.29, 1.82) is 0 Å². The third-order valence-electron chi connectivity index (χ3n) is 5.37. The summed E-state index contributed by atoms with van der Waals surface area (Å²) in [5.41, 5.74) is 3.45. The molecule has 4 nitrogen and oxygen atoms in total. The maximum absolute atomic E-state index is 14.8. The van der Waals surface area contributed by atoms with E-state index in [9.17, 15) is 9.18 Å². The number of benzene rings is 1. The fourth-order valence-corrected chi connectivity index (χ4v) is 4.59. The van der Waals surface area contributed by atoms with Crippen molar-refractivity contribution in [3.8, 4) is 11.3 Å². The van der Waals surface area contributed by atoms with Gasteiger partial charge >= 0.3 is 0 Å². The van der Waals surface area contributed by atoms with E-state index < -0.39 is 0 Å². The fourth-order valence-electron chi connectivity index (χ4n) is 3.97. The van der Waals surface area contributed by atoms with Gasteiger partial charge in [-0.15, -0.1) is 0 Å². The van der Waals surface area contributed by atoms with Crippen LogP contribution in [-0.2, 0) is 6.42 Å². The third kappa shape index (κ3) is 3.00. The monoisotopic (exact) mass is 417 g/mol. The molecule has 1 N–H and O–H groups in total. The number of hydrogen-bond acceptors (Lipinski definition) is 2. The van der Waals surface area contributed by atoms with E-state index in [1.54, 1.807) is 6.07 Å². The van der Waals surface area contributed by atoms with Crippen molar-refractivity contribution in [3.63, 3.8) is 0 Å². The highest BCUT2D eigenvalue weighted by molar-refractivity contribution is 9.10. The Morgan fingerprint density at radius 2 is 2.04 bits per heavy atom. The molecular formula is C20H21BrFN3O. The lowest BCUT2D eigenvalue weighted by Crippen LogP contribution is -2.14. The first-order chi connectivity index (χ1) is 12.6. The summed E-state index contributed by atoms with van der Waals surface area (Å²) in [7, 11) is 0. The maximum Gasteiger partial charge on any atom is 0.274 e. The second-order valence-electron chi connectivity index (χ2n) is 6.98. The van der Waals surface area contributed by atoms with Crippen LogP contribution in [0.15, 0.2) is 33.7 Å². The van der Waals surface area contributed by atoms with Crippen molar-refractivity contribution in [1.82, 2.24) is 14.6 Å². The van der Waals surface area contributed by atoms with Crippen LogP contribution in [0.25, 0.3) is 16.9 Å². The van der Waals surface area contributed by atoms with Crippen LogP contribution in [0.4, 0.5) is 4.39 Å². The van der Waals surface area contributed by atoms with Gasteiger partial charge in [0.05, 0.1) is 5.69 Å². The molecule has 2 heterocycles. The molecule has 1 fully saturated rings. The Morgan fingerprint density at radius 3 is 2.73 bits per heavy atom. The minimum Gasteiger partial charge on any atom is -0.339 e. The van der Waals surface area contributed by atoms with Gasteiger partial charge in [0, 0.05) is 17.2 Å². The van der Waals surface area contributed by atoms with Crippen molar-refractivity contribution in [2.45, 2.75) is 51.4 Å². The topological polar surface area (TPSA) is 50.2 Å². The summed E-state index contributed by atoms with van der Waals surface area (Å²) in [6.45, 7) is 2.01. The Kier molecular flexibility index (Phi) is 4.69. The predicted molar refractivity (Wildman–Crippen MR) is 104 cm³/mol. The zero-order valence-corrected chi connectivity index (χ0v) is 16.3. The van der Waals surface area contributed by atoms with E-state index in [1.807, 2.05) is 19.1 Å². The average molecular weight is 418 g/mol. The molecule has 0 amide bonds. The Hall–Kier alpha value is -1.95. The van der Waals surface area contributed by atoms with Gasteiger partial charge in [-0.25, -0.2) is 4.39 Å². The van der Waals surface area contributed by atoms with E-state index in [0.29, 0.717) is 27.4 Å². The van der Waals surface area contributed by atoms with Crippen molar-refractivity contribution < 1.29 is 4.39 Å². The van der Waals surface area contributed by atoms with Gasteiger partial charge in [-0.3, -0.25) is 4.79 Å². The Balaban J connectivity index is 1.77. The number of aryl methyl sites for hydroxylation is 1. The molecule has 1 aliphatic carbocycles. The minimum atomic E-state index is -0.231. The predicted octanol–water partition coefficient (Wildman–Crippen LogP) is 5.20. The van der Waals surface area contributed by atoms with E-state index in [1.165, 1.54) is 29.8 Å². The lowest BCUT2D eigenvalue weighted by atomic mass is 9.83. The second kappa shape index (κ2) is 6.99. The molecule has 2 aromatic heterocycles. The highest BCUT2D eigenvalue weighted by Gasteiger charge is 2.20. The zero-order valence-electron chi connectivity index (χ0n) is 14.7. The van der Waals surface area contributed by atoms with Crippen molar-refractivity contribution in [2.75, 3.05) is 0 Å². The summed E-state index contributed by atoms with van der Waals surface area (Å²) < 4.78 is 16.8. The quantitative estimate of drug-likeness (QED) is 0.636. The first-order valence-corrected chi connectivity index (χ1v) is 9.98. The molecule has 0 saturated heterocycles. The third-order valence-corrected chi connectivity index (χ3v) is 6.01. The molecule has 1 aromatic carbocycles. The van der Waals surface area contributed by atoms with Crippen LogP contribution < -0.4 is 5.56 Å². The van der Waals surface area contributed by atoms with Crippen LogP contribution in [0.1, 0.15) is 56.1 Å². The minimum absolute atomic E-state index is 0.180. The van der Waals surface area contributed by atoms with Crippen LogP contribution in [0.5, 0.6) is 0 Å². The zero-order chi connectivity index (χ0) is 18.3. The van der Waals surface area contributed by atoms with Crippen LogP contribution in [-0.4, -0.2) is 14.6 Å². The molecule has 6 heteroatoms. The molecule has 0 spiro atoms. The molecule has 136 valence electrons. The number of nitrogens with zero attached hydrogens (tertiary/aromatic N) is 2. The van der Waals surface area contributed by atoms with Gasteiger partial charge < -0.3 is 4.98 Å². The molecule has 0 bridgehead atoms. The lowest BCUT2D eigenvalue weighted by Gasteiger charge is -2.22. The normalized spacial score (nSPS) is 15.7. The molecule has 1 saturated carbocycles. The highest BCUT2D eigenvalue weighted by atomic mass is 79.9. The van der Waals surface area contributed by atoms with Crippen LogP contribution >= 0.6 is 15.9 Å². The summed E-state index contributed by atoms with van der Waals surface area (Å²) in [4.78, 5) is 15.7. The summed E-state index contributed by atoms with van der Waals surface area (Å²) >= 11 is 3.40. The molecule has 3 aromatic rings. The number of aromatic amines is 1. The Morgan fingerprint density at radius 1 is 1.27 bits per heavy atom. The van der Waals surface area contributed by atoms with Crippen molar-refractivity contribution in [2.24, 2.45) is 0 Å². The van der Waals surface area contributed by atoms with Crippen LogP contribution in [0, 0.1) is 5.82 Å². The summed E-state index contributed by atoms with van der Waals surface area (Å²) in [5, 5.41) is 4.23. The Labute approximate surface area is 159 Å².